The summed E-state index contributed by atoms with van der Waals surface area (Å²) in [7, 11) is 0. The van der Waals surface area contributed by atoms with Crippen molar-refractivity contribution in [3.05, 3.63) is 0 Å². The van der Waals surface area contributed by atoms with E-state index in [2.05, 4.69) is 0 Å². The van der Waals surface area contributed by atoms with Gasteiger partial charge < -0.3 is 4.74 Å². The van der Waals surface area contributed by atoms with Crippen LogP contribution in [0.4, 0.5) is 0 Å². The predicted octanol–water partition coefficient (Wildman–Crippen LogP) is 2.13. The normalized spacial score (nSPS) is 41.8. The van der Waals surface area contributed by atoms with Gasteiger partial charge in [-0.25, -0.2) is 0 Å². The molecule has 0 bridgehead atoms. The molecule has 0 amide bonds. The molecule has 1 saturated heterocycles. The lowest BCUT2D eigenvalue weighted by Crippen LogP contribution is -2.38. The van der Waals surface area contributed by atoms with Gasteiger partial charge in [-0.05, 0) is 32.1 Å². The Kier molecular flexibility index (Phi) is 2.07. The SMILES string of the molecule is C[C@@H]1C[C@H]2CCCC[C@H]2C(=O)O1. The van der Waals surface area contributed by atoms with Crippen molar-refractivity contribution >= 4 is 5.97 Å². The fourth-order valence-corrected chi connectivity index (χ4v) is 2.56. The summed E-state index contributed by atoms with van der Waals surface area (Å²) in [4.78, 5) is 11.4. The van der Waals surface area contributed by atoms with Crippen molar-refractivity contribution in [3.63, 3.8) is 0 Å². The minimum absolute atomic E-state index is 0.0680. The molecule has 0 spiro atoms. The Morgan fingerprint density at radius 3 is 2.92 bits per heavy atom. The fraction of sp³-hybridized carbons (Fsp3) is 0.900. The second kappa shape index (κ2) is 3.08. The van der Waals surface area contributed by atoms with Crippen molar-refractivity contribution in [1.82, 2.24) is 0 Å². The quantitative estimate of drug-likeness (QED) is 0.518. The minimum atomic E-state index is 0.0680. The number of rotatable bonds is 0. The number of cyclic esters (lactones) is 1. The molecule has 0 radical (unpaired) electrons. The summed E-state index contributed by atoms with van der Waals surface area (Å²) >= 11 is 0. The summed E-state index contributed by atoms with van der Waals surface area (Å²) in [6.45, 7) is 2.00. The van der Waals surface area contributed by atoms with Gasteiger partial charge in [0.1, 0.15) is 0 Å². The Morgan fingerprint density at radius 2 is 2.08 bits per heavy atom. The van der Waals surface area contributed by atoms with E-state index in [1.165, 1.54) is 19.3 Å². The zero-order chi connectivity index (χ0) is 8.55. The molecule has 0 aromatic rings. The molecule has 1 heterocycles. The van der Waals surface area contributed by atoms with Gasteiger partial charge >= 0.3 is 5.97 Å². The van der Waals surface area contributed by atoms with Gasteiger partial charge in [-0.2, -0.15) is 0 Å². The first-order chi connectivity index (χ1) is 5.77. The predicted molar refractivity (Wildman–Crippen MR) is 45.6 cm³/mol. The summed E-state index contributed by atoms with van der Waals surface area (Å²) in [5.74, 6) is 0.948. The average molecular weight is 168 g/mol. The molecule has 12 heavy (non-hydrogen) atoms. The molecule has 2 heteroatoms. The lowest BCUT2D eigenvalue weighted by Gasteiger charge is -2.36. The highest BCUT2D eigenvalue weighted by atomic mass is 16.5. The summed E-state index contributed by atoms with van der Waals surface area (Å²) in [5.41, 5.74) is 0. The van der Waals surface area contributed by atoms with Crippen LogP contribution in [-0.2, 0) is 9.53 Å². The van der Waals surface area contributed by atoms with Crippen LogP contribution in [0.15, 0.2) is 0 Å². The van der Waals surface area contributed by atoms with Crippen molar-refractivity contribution < 1.29 is 9.53 Å². The second-order valence-electron chi connectivity index (χ2n) is 4.13. The topological polar surface area (TPSA) is 26.3 Å². The third kappa shape index (κ3) is 1.35. The van der Waals surface area contributed by atoms with Crippen LogP contribution in [0.2, 0.25) is 0 Å². The van der Waals surface area contributed by atoms with E-state index >= 15 is 0 Å². The summed E-state index contributed by atoms with van der Waals surface area (Å²) < 4.78 is 5.22. The van der Waals surface area contributed by atoms with Crippen LogP contribution in [0.3, 0.4) is 0 Å². The van der Waals surface area contributed by atoms with Crippen molar-refractivity contribution in [2.45, 2.75) is 45.1 Å². The molecular formula is C10H16O2. The van der Waals surface area contributed by atoms with Crippen LogP contribution in [0.5, 0.6) is 0 Å². The van der Waals surface area contributed by atoms with Crippen molar-refractivity contribution in [3.8, 4) is 0 Å². The number of hydrogen-bond acceptors (Lipinski definition) is 2. The van der Waals surface area contributed by atoms with Gasteiger partial charge in [0.05, 0.1) is 12.0 Å². The maximum absolute atomic E-state index is 11.4. The molecule has 1 saturated carbocycles. The molecule has 1 aliphatic carbocycles. The summed E-state index contributed by atoms with van der Waals surface area (Å²) in [5, 5.41) is 0. The van der Waals surface area contributed by atoms with Gasteiger partial charge in [-0.15, -0.1) is 0 Å². The van der Waals surface area contributed by atoms with E-state index in [9.17, 15) is 4.79 Å². The van der Waals surface area contributed by atoms with Crippen molar-refractivity contribution in [1.29, 1.82) is 0 Å². The van der Waals surface area contributed by atoms with Crippen molar-refractivity contribution in [2.24, 2.45) is 11.8 Å². The van der Waals surface area contributed by atoms with Gasteiger partial charge in [-0.3, -0.25) is 4.79 Å². The molecule has 2 rings (SSSR count). The molecule has 2 aliphatic rings. The van der Waals surface area contributed by atoms with Crippen LogP contribution < -0.4 is 0 Å². The van der Waals surface area contributed by atoms with Gasteiger partial charge in [-0.1, -0.05) is 12.8 Å². The Hall–Kier alpha value is -0.530. The molecule has 2 fully saturated rings. The average Bonchev–Trinajstić information content (AvgIpc) is 2.04. The van der Waals surface area contributed by atoms with E-state index in [0.29, 0.717) is 5.92 Å². The summed E-state index contributed by atoms with van der Waals surface area (Å²) in [6.07, 6.45) is 6.08. The molecule has 2 nitrogen and oxygen atoms in total. The number of hydrogen-bond donors (Lipinski definition) is 0. The Balaban J connectivity index is 2.06. The van der Waals surface area contributed by atoms with Gasteiger partial charge in [0.25, 0.3) is 0 Å². The highest BCUT2D eigenvalue weighted by Crippen LogP contribution is 2.37. The highest BCUT2D eigenvalue weighted by Gasteiger charge is 2.37. The minimum Gasteiger partial charge on any atom is -0.462 e. The van der Waals surface area contributed by atoms with Crippen LogP contribution >= 0.6 is 0 Å². The summed E-state index contributed by atoms with van der Waals surface area (Å²) in [6, 6.07) is 0. The fourth-order valence-electron chi connectivity index (χ4n) is 2.56. The lowest BCUT2D eigenvalue weighted by atomic mass is 9.75. The second-order valence-corrected chi connectivity index (χ2v) is 4.13. The third-order valence-corrected chi connectivity index (χ3v) is 3.16. The molecule has 0 aromatic heterocycles. The van der Waals surface area contributed by atoms with E-state index in [-0.39, 0.29) is 18.0 Å². The Morgan fingerprint density at radius 1 is 1.33 bits per heavy atom. The Labute approximate surface area is 73.3 Å². The number of ether oxygens (including phenoxy) is 1. The first-order valence-corrected chi connectivity index (χ1v) is 4.98. The smallest absolute Gasteiger partial charge is 0.309 e. The molecule has 0 N–H and O–H groups in total. The molecule has 3 atom stereocenters. The van der Waals surface area contributed by atoms with E-state index in [1.54, 1.807) is 0 Å². The largest absolute Gasteiger partial charge is 0.462 e. The molecule has 68 valence electrons. The van der Waals surface area contributed by atoms with E-state index in [0.717, 1.165) is 12.8 Å². The Bertz CT molecular complexity index is 188. The maximum atomic E-state index is 11.4. The monoisotopic (exact) mass is 168 g/mol. The zero-order valence-electron chi connectivity index (χ0n) is 7.58. The zero-order valence-corrected chi connectivity index (χ0v) is 7.58. The number of fused-ring (bicyclic) bond motifs is 1. The van der Waals surface area contributed by atoms with Crippen LogP contribution in [0, 0.1) is 11.8 Å². The lowest BCUT2D eigenvalue weighted by molar-refractivity contribution is -0.165. The van der Waals surface area contributed by atoms with Gasteiger partial charge in [0, 0.05) is 0 Å². The van der Waals surface area contributed by atoms with E-state index < -0.39 is 0 Å². The molecule has 0 unspecified atom stereocenters. The third-order valence-electron chi connectivity index (χ3n) is 3.16. The van der Waals surface area contributed by atoms with E-state index in [4.69, 9.17) is 4.74 Å². The van der Waals surface area contributed by atoms with Crippen molar-refractivity contribution in [2.75, 3.05) is 0 Å². The molecule has 1 aliphatic heterocycles. The van der Waals surface area contributed by atoms with Crippen LogP contribution in [0.1, 0.15) is 39.0 Å². The number of carbonyl (C=O) groups is 1. The molecular weight excluding hydrogens is 152 g/mol. The highest BCUT2D eigenvalue weighted by molar-refractivity contribution is 5.73. The number of esters is 1. The number of carbonyl (C=O) groups excluding carboxylic acids is 1. The first-order valence-electron chi connectivity index (χ1n) is 4.98. The van der Waals surface area contributed by atoms with Gasteiger partial charge in [0.15, 0.2) is 0 Å². The molecule has 0 aromatic carbocycles. The van der Waals surface area contributed by atoms with Crippen LogP contribution in [-0.4, -0.2) is 12.1 Å². The van der Waals surface area contributed by atoms with E-state index in [1.807, 2.05) is 6.92 Å². The standard InChI is InChI=1S/C10H16O2/c1-7-6-8-4-2-3-5-9(8)10(11)12-7/h7-9H,2-6H2,1H3/t7-,8-,9-/m1/s1. The first kappa shape index (κ1) is 8.09. The van der Waals surface area contributed by atoms with Gasteiger partial charge in [0.2, 0.25) is 0 Å². The van der Waals surface area contributed by atoms with Crippen LogP contribution in [0.25, 0.3) is 0 Å². The maximum Gasteiger partial charge on any atom is 0.309 e.